The number of aromatic nitrogens is 1. The van der Waals surface area contributed by atoms with E-state index in [1.165, 1.54) is 6.07 Å². The fourth-order valence-electron chi connectivity index (χ4n) is 3.42. The molecule has 2 heterocycles. The van der Waals surface area contributed by atoms with Crippen molar-refractivity contribution in [1.82, 2.24) is 9.88 Å². The number of ether oxygens (including phenoxy) is 2. The van der Waals surface area contributed by atoms with E-state index in [0.717, 1.165) is 0 Å². The van der Waals surface area contributed by atoms with Gasteiger partial charge in [-0.3, -0.25) is 0 Å². The summed E-state index contributed by atoms with van der Waals surface area (Å²) in [5.74, 6) is -0.0145. The van der Waals surface area contributed by atoms with Gasteiger partial charge in [-0.2, -0.15) is 0 Å². The van der Waals surface area contributed by atoms with E-state index >= 15 is 0 Å². The summed E-state index contributed by atoms with van der Waals surface area (Å²) in [5, 5.41) is 0.556. The van der Waals surface area contributed by atoms with Crippen LogP contribution < -0.4 is 4.74 Å². The maximum absolute atomic E-state index is 14.7. The summed E-state index contributed by atoms with van der Waals surface area (Å²) in [6.07, 6.45) is 0.699. The molecule has 0 N–H and O–H groups in total. The fourth-order valence-corrected chi connectivity index (χ4v) is 3.58. The van der Waals surface area contributed by atoms with Crippen LogP contribution in [0, 0.1) is 5.82 Å². The Labute approximate surface area is 184 Å². The van der Waals surface area contributed by atoms with Crippen LogP contribution in [-0.2, 0) is 4.74 Å². The Bertz CT molecular complexity index is 1100. The van der Waals surface area contributed by atoms with E-state index in [0.29, 0.717) is 53.5 Å². The van der Waals surface area contributed by atoms with Crippen LogP contribution in [0.15, 0.2) is 40.8 Å². The molecule has 6 nitrogen and oxygen atoms in total. The van der Waals surface area contributed by atoms with Crippen LogP contribution in [0.4, 0.5) is 9.18 Å². The number of benzene rings is 2. The Morgan fingerprint density at radius 2 is 1.94 bits per heavy atom. The van der Waals surface area contributed by atoms with Crippen molar-refractivity contribution in [3.8, 4) is 17.2 Å². The van der Waals surface area contributed by atoms with Gasteiger partial charge in [-0.1, -0.05) is 11.6 Å². The van der Waals surface area contributed by atoms with Crippen molar-refractivity contribution in [2.45, 2.75) is 45.3 Å². The van der Waals surface area contributed by atoms with E-state index in [4.69, 9.17) is 25.5 Å². The first kappa shape index (κ1) is 21.4. The van der Waals surface area contributed by atoms with Gasteiger partial charge in [-0.05, 0) is 57.2 Å². The number of oxazole rings is 1. The number of fused-ring (bicyclic) bond motifs is 1. The van der Waals surface area contributed by atoms with Gasteiger partial charge in [0.25, 0.3) is 0 Å². The summed E-state index contributed by atoms with van der Waals surface area (Å²) in [6, 6.07) is 9.77. The summed E-state index contributed by atoms with van der Waals surface area (Å²) < 4.78 is 31.7. The topological polar surface area (TPSA) is 64.8 Å². The van der Waals surface area contributed by atoms with Crippen molar-refractivity contribution < 1.29 is 23.1 Å². The van der Waals surface area contributed by atoms with Gasteiger partial charge in [-0.25, -0.2) is 14.2 Å². The van der Waals surface area contributed by atoms with Gasteiger partial charge in [0.15, 0.2) is 17.1 Å². The van der Waals surface area contributed by atoms with Crippen LogP contribution in [0.25, 0.3) is 22.6 Å². The standard InChI is InChI=1S/C23H24ClFN2O4/c1-23(2,3)31-22(28)27-10-8-16(9-11-27)29-19-6-4-14(12-17(19)25)21-26-18-13-15(24)5-7-20(18)30-21/h4-7,12-13,16H,8-11H2,1-3H3. The molecule has 1 saturated heterocycles. The summed E-state index contributed by atoms with van der Waals surface area (Å²) in [7, 11) is 0. The van der Waals surface area contributed by atoms with Crippen LogP contribution in [0.3, 0.4) is 0 Å². The number of rotatable bonds is 3. The monoisotopic (exact) mass is 446 g/mol. The number of carbonyl (C=O) groups excluding carboxylic acids is 1. The van der Waals surface area contributed by atoms with Crippen molar-refractivity contribution in [2.24, 2.45) is 0 Å². The number of likely N-dealkylation sites (tertiary alicyclic amines) is 1. The van der Waals surface area contributed by atoms with Crippen LogP contribution in [0.1, 0.15) is 33.6 Å². The molecule has 0 radical (unpaired) electrons. The molecule has 1 fully saturated rings. The van der Waals surface area contributed by atoms with Gasteiger partial charge in [0, 0.05) is 36.5 Å². The van der Waals surface area contributed by atoms with Gasteiger partial charge in [0.1, 0.15) is 17.2 Å². The van der Waals surface area contributed by atoms with Crippen molar-refractivity contribution >= 4 is 28.8 Å². The third-order valence-electron chi connectivity index (χ3n) is 4.92. The Morgan fingerprint density at radius 3 is 2.61 bits per heavy atom. The number of hydrogen-bond donors (Lipinski definition) is 0. The zero-order valence-corrected chi connectivity index (χ0v) is 18.4. The number of piperidine rings is 1. The summed E-state index contributed by atoms with van der Waals surface area (Å²) in [5.41, 5.74) is 1.17. The first-order chi connectivity index (χ1) is 14.7. The molecule has 2 aromatic carbocycles. The van der Waals surface area contributed by atoms with Crippen molar-refractivity contribution in [2.75, 3.05) is 13.1 Å². The second-order valence-corrected chi connectivity index (χ2v) is 9.00. The molecule has 4 rings (SSSR count). The zero-order chi connectivity index (χ0) is 22.2. The minimum absolute atomic E-state index is 0.165. The largest absolute Gasteiger partial charge is 0.487 e. The molecule has 3 aromatic rings. The van der Waals surface area contributed by atoms with Crippen molar-refractivity contribution in [1.29, 1.82) is 0 Å². The van der Waals surface area contributed by atoms with Crippen LogP contribution in [-0.4, -0.2) is 40.8 Å². The second kappa shape index (κ2) is 8.38. The van der Waals surface area contributed by atoms with Crippen LogP contribution >= 0.6 is 11.6 Å². The quantitative estimate of drug-likeness (QED) is 0.488. The summed E-state index contributed by atoms with van der Waals surface area (Å²) >= 11 is 5.98. The predicted octanol–water partition coefficient (Wildman–Crippen LogP) is 6.07. The minimum atomic E-state index is -0.531. The SMILES string of the molecule is CC(C)(C)OC(=O)N1CCC(Oc2ccc(-c3nc4cc(Cl)ccc4o3)cc2F)CC1. The molecule has 31 heavy (non-hydrogen) atoms. The van der Waals surface area contributed by atoms with E-state index in [2.05, 4.69) is 4.98 Å². The molecule has 1 aromatic heterocycles. The van der Waals surface area contributed by atoms with Crippen LogP contribution in [0.2, 0.25) is 5.02 Å². The second-order valence-electron chi connectivity index (χ2n) is 8.56. The van der Waals surface area contributed by atoms with E-state index in [9.17, 15) is 9.18 Å². The van der Waals surface area contributed by atoms with Gasteiger partial charge in [0.05, 0.1) is 0 Å². The molecule has 0 atom stereocenters. The van der Waals surface area contributed by atoms with Crippen molar-refractivity contribution in [3.63, 3.8) is 0 Å². The molecular weight excluding hydrogens is 423 g/mol. The average molecular weight is 447 g/mol. The molecule has 0 saturated carbocycles. The lowest BCUT2D eigenvalue weighted by molar-refractivity contribution is 0.0123. The maximum atomic E-state index is 14.7. The normalized spacial score (nSPS) is 15.3. The molecule has 1 aliphatic rings. The molecule has 0 bridgehead atoms. The number of amides is 1. The number of hydrogen-bond acceptors (Lipinski definition) is 5. The third-order valence-corrected chi connectivity index (χ3v) is 5.15. The first-order valence-electron chi connectivity index (χ1n) is 10.2. The fraction of sp³-hybridized carbons (Fsp3) is 0.391. The van der Waals surface area contributed by atoms with Gasteiger partial charge in [0.2, 0.25) is 5.89 Å². The maximum Gasteiger partial charge on any atom is 0.410 e. The van der Waals surface area contributed by atoms with Crippen molar-refractivity contribution in [3.05, 3.63) is 47.2 Å². The molecular formula is C23H24ClFN2O4. The Balaban J connectivity index is 1.39. The van der Waals surface area contributed by atoms with E-state index in [-0.39, 0.29) is 17.9 Å². The van der Waals surface area contributed by atoms with Gasteiger partial charge in [-0.15, -0.1) is 0 Å². The highest BCUT2D eigenvalue weighted by Crippen LogP contribution is 2.30. The Hall–Kier alpha value is -2.80. The van der Waals surface area contributed by atoms with Gasteiger partial charge >= 0.3 is 6.09 Å². The minimum Gasteiger partial charge on any atom is -0.487 e. The molecule has 1 amide bonds. The number of halogens is 2. The molecule has 8 heteroatoms. The highest BCUT2D eigenvalue weighted by atomic mass is 35.5. The van der Waals surface area contributed by atoms with E-state index < -0.39 is 11.4 Å². The molecule has 0 unspecified atom stereocenters. The molecule has 164 valence electrons. The zero-order valence-electron chi connectivity index (χ0n) is 17.7. The lowest BCUT2D eigenvalue weighted by atomic mass is 10.1. The Kier molecular flexibility index (Phi) is 5.79. The lowest BCUT2D eigenvalue weighted by Gasteiger charge is -2.33. The molecule has 0 aliphatic carbocycles. The smallest absolute Gasteiger partial charge is 0.410 e. The van der Waals surface area contributed by atoms with Crippen LogP contribution in [0.5, 0.6) is 5.75 Å². The third kappa shape index (κ3) is 5.10. The molecule has 0 spiro atoms. The first-order valence-corrected chi connectivity index (χ1v) is 10.6. The van der Waals surface area contributed by atoms with Gasteiger partial charge < -0.3 is 18.8 Å². The molecule has 1 aliphatic heterocycles. The summed E-state index contributed by atoms with van der Waals surface area (Å²) in [4.78, 5) is 18.2. The highest BCUT2D eigenvalue weighted by molar-refractivity contribution is 6.31. The Morgan fingerprint density at radius 1 is 1.19 bits per heavy atom. The van der Waals surface area contributed by atoms with E-state index in [1.54, 1.807) is 35.2 Å². The van der Waals surface area contributed by atoms with E-state index in [1.807, 2.05) is 20.8 Å². The average Bonchev–Trinajstić information content (AvgIpc) is 3.12. The highest BCUT2D eigenvalue weighted by Gasteiger charge is 2.28. The predicted molar refractivity (Wildman–Crippen MR) is 116 cm³/mol. The number of carbonyl (C=O) groups is 1. The lowest BCUT2D eigenvalue weighted by Crippen LogP contribution is -2.44. The summed E-state index contributed by atoms with van der Waals surface area (Å²) in [6.45, 7) is 6.52. The number of nitrogens with zero attached hydrogens (tertiary/aromatic N) is 2.